The molecule has 1 amide bonds. The van der Waals surface area contributed by atoms with Crippen molar-refractivity contribution >= 4 is 11.8 Å². The van der Waals surface area contributed by atoms with E-state index in [4.69, 9.17) is 9.47 Å². The number of benzene rings is 1. The Balaban J connectivity index is 1.72. The number of ether oxygens (including phenoxy) is 2. The van der Waals surface area contributed by atoms with Crippen LogP contribution in [0.1, 0.15) is 12.8 Å². The minimum atomic E-state index is -0.429. The van der Waals surface area contributed by atoms with Gasteiger partial charge in [0.1, 0.15) is 6.61 Å². The van der Waals surface area contributed by atoms with E-state index in [9.17, 15) is 4.79 Å². The summed E-state index contributed by atoms with van der Waals surface area (Å²) >= 11 is 0. The quantitative estimate of drug-likeness (QED) is 0.852. The van der Waals surface area contributed by atoms with Gasteiger partial charge in [-0.1, -0.05) is 18.2 Å². The standard InChI is InChI=1S/C12H15NO3/c14-12(13-10-5-2-1-3-6-10)16-9-11-7-4-8-15-11/h1-3,5-6,11H,4,7-9H2,(H,13,14)/t11-/m1/s1. The summed E-state index contributed by atoms with van der Waals surface area (Å²) in [6.45, 7) is 1.10. The van der Waals surface area contributed by atoms with Crippen LogP contribution in [0.15, 0.2) is 30.3 Å². The third kappa shape index (κ3) is 3.24. The van der Waals surface area contributed by atoms with Crippen molar-refractivity contribution in [3.05, 3.63) is 30.3 Å². The Bertz CT molecular complexity index is 333. The average Bonchev–Trinajstić information content (AvgIpc) is 2.81. The number of carbonyl (C=O) groups is 1. The molecular weight excluding hydrogens is 206 g/mol. The van der Waals surface area contributed by atoms with Gasteiger partial charge in [-0.25, -0.2) is 4.79 Å². The van der Waals surface area contributed by atoms with Crippen molar-refractivity contribution in [2.24, 2.45) is 0 Å². The molecule has 0 spiro atoms. The van der Waals surface area contributed by atoms with Crippen LogP contribution in [-0.4, -0.2) is 25.4 Å². The molecule has 1 fully saturated rings. The van der Waals surface area contributed by atoms with Crippen LogP contribution >= 0.6 is 0 Å². The van der Waals surface area contributed by atoms with Gasteiger partial charge in [0.25, 0.3) is 0 Å². The minimum absolute atomic E-state index is 0.0709. The Labute approximate surface area is 94.6 Å². The van der Waals surface area contributed by atoms with E-state index in [1.54, 1.807) is 0 Å². The lowest BCUT2D eigenvalue weighted by molar-refractivity contribution is 0.0484. The molecule has 2 rings (SSSR count). The summed E-state index contributed by atoms with van der Waals surface area (Å²) in [5.41, 5.74) is 0.736. The lowest BCUT2D eigenvalue weighted by Crippen LogP contribution is -2.21. The Kier molecular flexibility index (Phi) is 3.77. The van der Waals surface area contributed by atoms with Crippen molar-refractivity contribution in [3.63, 3.8) is 0 Å². The molecule has 1 aromatic rings. The molecule has 0 saturated carbocycles. The predicted molar refractivity (Wildman–Crippen MR) is 60.4 cm³/mol. The largest absolute Gasteiger partial charge is 0.447 e. The van der Waals surface area contributed by atoms with E-state index in [0.29, 0.717) is 6.61 Å². The van der Waals surface area contributed by atoms with E-state index < -0.39 is 6.09 Å². The fourth-order valence-corrected chi connectivity index (χ4v) is 1.62. The third-order valence-electron chi connectivity index (χ3n) is 2.44. The molecule has 0 aromatic heterocycles. The van der Waals surface area contributed by atoms with Gasteiger partial charge in [0.2, 0.25) is 0 Å². The first-order chi connectivity index (χ1) is 7.84. The van der Waals surface area contributed by atoms with E-state index in [1.807, 2.05) is 30.3 Å². The van der Waals surface area contributed by atoms with E-state index >= 15 is 0 Å². The second-order valence-corrected chi connectivity index (χ2v) is 3.72. The topological polar surface area (TPSA) is 47.6 Å². The lowest BCUT2D eigenvalue weighted by atomic mass is 10.2. The second kappa shape index (κ2) is 5.51. The molecule has 1 atom stereocenters. The SMILES string of the molecule is O=C(Nc1ccccc1)OC[C@H]1CCCO1. The van der Waals surface area contributed by atoms with Gasteiger partial charge in [-0.3, -0.25) is 5.32 Å². The average molecular weight is 221 g/mol. The van der Waals surface area contributed by atoms with Crippen molar-refractivity contribution in [1.82, 2.24) is 0 Å². The summed E-state index contributed by atoms with van der Waals surface area (Å²) in [6, 6.07) is 9.23. The van der Waals surface area contributed by atoms with Gasteiger partial charge in [-0.2, -0.15) is 0 Å². The molecule has 0 aliphatic carbocycles. The smallest absolute Gasteiger partial charge is 0.411 e. The first-order valence-electron chi connectivity index (χ1n) is 5.45. The number of amides is 1. The van der Waals surface area contributed by atoms with Gasteiger partial charge < -0.3 is 9.47 Å². The molecule has 0 bridgehead atoms. The summed E-state index contributed by atoms with van der Waals surface area (Å²) in [5, 5.41) is 2.65. The predicted octanol–water partition coefficient (Wildman–Crippen LogP) is 2.41. The molecule has 1 saturated heterocycles. The number of carbonyl (C=O) groups excluding carboxylic acids is 1. The Hall–Kier alpha value is -1.55. The molecule has 1 aliphatic rings. The highest BCUT2D eigenvalue weighted by atomic mass is 16.6. The number of rotatable bonds is 3. The fraction of sp³-hybridized carbons (Fsp3) is 0.417. The lowest BCUT2D eigenvalue weighted by Gasteiger charge is -2.10. The zero-order valence-corrected chi connectivity index (χ0v) is 9.02. The number of nitrogens with one attached hydrogen (secondary N) is 1. The van der Waals surface area contributed by atoms with Gasteiger partial charge in [0.15, 0.2) is 0 Å². The number of hydrogen-bond acceptors (Lipinski definition) is 3. The summed E-state index contributed by atoms with van der Waals surface area (Å²) < 4.78 is 10.4. The van der Waals surface area contributed by atoms with Crippen LogP contribution in [0.4, 0.5) is 10.5 Å². The van der Waals surface area contributed by atoms with Crippen molar-refractivity contribution in [1.29, 1.82) is 0 Å². The first kappa shape index (κ1) is 11.0. The molecule has 4 heteroatoms. The van der Waals surface area contributed by atoms with Gasteiger partial charge in [0, 0.05) is 12.3 Å². The molecule has 1 aromatic carbocycles. The number of hydrogen-bond donors (Lipinski definition) is 1. The van der Waals surface area contributed by atoms with E-state index in [2.05, 4.69) is 5.32 Å². The molecule has 1 heterocycles. The van der Waals surface area contributed by atoms with Gasteiger partial charge in [-0.05, 0) is 25.0 Å². The highest BCUT2D eigenvalue weighted by Crippen LogP contribution is 2.12. The van der Waals surface area contributed by atoms with Crippen LogP contribution in [0, 0.1) is 0 Å². The third-order valence-corrected chi connectivity index (χ3v) is 2.44. The van der Waals surface area contributed by atoms with Crippen LogP contribution in [0.25, 0.3) is 0 Å². The van der Waals surface area contributed by atoms with Crippen LogP contribution in [0.5, 0.6) is 0 Å². The van der Waals surface area contributed by atoms with Crippen LogP contribution < -0.4 is 5.32 Å². The Morgan fingerprint density at radius 2 is 2.25 bits per heavy atom. The van der Waals surface area contributed by atoms with E-state index in [0.717, 1.165) is 25.1 Å². The maximum atomic E-state index is 11.4. The molecule has 86 valence electrons. The maximum Gasteiger partial charge on any atom is 0.411 e. The molecule has 0 radical (unpaired) electrons. The second-order valence-electron chi connectivity index (χ2n) is 3.72. The highest BCUT2D eigenvalue weighted by molar-refractivity contribution is 5.84. The zero-order chi connectivity index (χ0) is 11.2. The fourth-order valence-electron chi connectivity index (χ4n) is 1.62. The molecule has 0 unspecified atom stereocenters. The normalized spacial score (nSPS) is 19.4. The first-order valence-corrected chi connectivity index (χ1v) is 5.45. The van der Waals surface area contributed by atoms with E-state index in [-0.39, 0.29) is 6.10 Å². The molecular formula is C12H15NO3. The molecule has 4 nitrogen and oxygen atoms in total. The van der Waals surface area contributed by atoms with Crippen molar-refractivity contribution in [2.75, 3.05) is 18.5 Å². The molecule has 1 aliphatic heterocycles. The summed E-state index contributed by atoms with van der Waals surface area (Å²) in [7, 11) is 0. The number of para-hydroxylation sites is 1. The summed E-state index contributed by atoms with van der Waals surface area (Å²) in [6.07, 6.45) is 1.66. The molecule has 1 N–H and O–H groups in total. The monoisotopic (exact) mass is 221 g/mol. The minimum Gasteiger partial charge on any atom is -0.447 e. The molecule has 16 heavy (non-hydrogen) atoms. The Morgan fingerprint density at radius 1 is 1.44 bits per heavy atom. The van der Waals surface area contributed by atoms with Crippen LogP contribution in [-0.2, 0) is 9.47 Å². The summed E-state index contributed by atoms with van der Waals surface area (Å²) in [5.74, 6) is 0. The van der Waals surface area contributed by atoms with Crippen LogP contribution in [0.2, 0.25) is 0 Å². The Morgan fingerprint density at radius 3 is 2.94 bits per heavy atom. The van der Waals surface area contributed by atoms with Crippen molar-refractivity contribution in [2.45, 2.75) is 18.9 Å². The van der Waals surface area contributed by atoms with Gasteiger partial charge >= 0.3 is 6.09 Å². The van der Waals surface area contributed by atoms with Crippen LogP contribution in [0.3, 0.4) is 0 Å². The van der Waals surface area contributed by atoms with Crippen molar-refractivity contribution in [3.8, 4) is 0 Å². The van der Waals surface area contributed by atoms with Gasteiger partial charge in [-0.15, -0.1) is 0 Å². The highest BCUT2D eigenvalue weighted by Gasteiger charge is 2.17. The zero-order valence-electron chi connectivity index (χ0n) is 9.02. The van der Waals surface area contributed by atoms with E-state index in [1.165, 1.54) is 0 Å². The van der Waals surface area contributed by atoms with Crippen molar-refractivity contribution < 1.29 is 14.3 Å². The van der Waals surface area contributed by atoms with Gasteiger partial charge in [0.05, 0.1) is 6.10 Å². The maximum absolute atomic E-state index is 11.4. The number of anilines is 1. The summed E-state index contributed by atoms with van der Waals surface area (Å²) in [4.78, 5) is 11.4.